The van der Waals surface area contributed by atoms with Crippen LogP contribution in [0.25, 0.3) is 5.57 Å². The lowest BCUT2D eigenvalue weighted by Gasteiger charge is -2.10. The van der Waals surface area contributed by atoms with E-state index in [1.165, 1.54) is 24.8 Å². The number of allylic oxidation sites excluding steroid dienone is 2. The van der Waals surface area contributed by atoms with Crippen molar-refractivity contribution in [2.75, 3.05) is 5.32 Å². The highest BCUT2D eigenvalue weighted by Gasteiger charge is 2.11. The summed E-state index contributed by atoms with van der Waals surface area (Å²) in [6.45, 7) is 5.91. The molecular weight excluding hydrogens is 466 g/mol. The van der Waals surface area contributed by atoms with Crippen LogP contribution in [0.5, 0.6) is 0 Å². The Hall–Kier alpha value is -4.24. The van der Waals surface area contributed by atoms with Crippen molar-refractivity contribution in [1.82, 2.24) is 0 Å². The van der Waals surface area contributed by atoms with E-state index in [2.05, 4.69) is 24.2 Å². The van der Waals surface area contributed by atoms with E-state index in [-0.39, 0.29) is 22.5 Å². The van der Waals surface area contributed by atoms with E-state index in [1.807, 2.05) is 0 Å². The average Bonchev–Trinajstić information content (AvgIpc) is 2.83. The van der Waals surface area contributed by atoms with Gasteiger partial charge in [0.25, 0.3) is 11.9 Å². The number of halogens is 1. The largest absolute Gasteiger partial charge is 0.407 e. The number of hydrogen-bond donors (Lipinski definition) is 6. The fourth-order valence-corrected chi connectivity index (χ4v) is 2.75. The van der Waals surface area contributed by atoms with Crippen molar-refractivity contribution in [2.45, 2.75) is 27.2 Å². The Morgan fingerprint density at radius 1 is 1.14 bits per heavy atom. The number of aliphatic imine (C=N–C) groups is 1. The molecule has 0 fully saturated rings. The molecule has 35 heavy (non-hydrogen) atoms. The minimum atomic E-state index is -0.443. The SMILES string of the molecule is C/C=C(\C=N)C(=O)Nc1cccc(C(=N)OC(N)=Nc2ccc(/C(C=N)=C/N)cc2Cl)c1.CCC. The van der Waals surface area contributed by atoms with Crippen LogP contribution in [0.2, 0.25) is 5.02 Å². The average molecular weight is 496 g/mol. The normalized spacial score (nSPS) is 11.6. The summed E-state index contributed by atoms with van der Waals surface area (Å²) in [4.78, 5) is 16.2. The van der Waals surface area contributed by atoms with E-state index >= 15 is 0 Å². The first-order chi connectivity index (χ1) is 16.7. The van der Waals surface area contributed by atoms with Crippen LogP contribution in [0.15, 0.2) is 65.3 Å². The number of ether oxygens (including phenoxy) is 1. The van der Waals surface area contributed by atoms with Gasteiger partial charge in [-0.3, -0.25) is 10.2 Å². The molecule has 0 bridgehead atoms. The van der Waals surface area contributed by atoms with E-state index < -0.39 is 5.91 Å². The lowest BCUT2D eigenvalue weighted by atomic mass is 10.1. The Morgan fingerprint density at radius 2 is 1.83 bits per heavy atom. The van der Waals surface area contributed by atoms with Crippen LogP contribution < -0.4 is 16.8 Å². The number of nitrogens with one attached hydrogen (secondary N) is 4. The lowest BCUT2D eigenvalue weighted by Crippen LogP contribution is -2.21. The molecule has 9 nitrogen and oxygen atoms in total. The first kappa shape index (κ1) is 28.8. The first-order valence-corrected chi connectivity index (χ1v) is 11.0. The first-order valence-electron chi connectivity index (χ1n) is 10.7. The zero-order valence-electron chi connectivity index (χ0n) is 19.9. The van der Waals surface area contributed by atoms with Crippen LogP contribution in [-0.2, 0) is 9.53 Å². The molecule has 0 aliphatic carbocycles. The van der Waals surface area contributed by atoms with Crippen molar-refractivity contribution in [3.8, 4) is 0 Å². The molecule has 0 unspecified atom stereocenters. The maximum Gasteiger partial charge on any atom is 0.294 e. The van der Waals surface area contributed by atoms with Gasteiger partial charge in [-0.1, -0.05) is 50.1 Å². The molecule has 0 aromatic heterocycles. The number of amides is 1. The summed E-state index contributed by atoms with van der Waals surface area (Å²) in [5, 5.41) is 25.6. The third kappa shape index (κ3) is 8.90. The van der Waals surface area contributed by atoms with Gasteiger partial charge < -0.3 is 32.3 Å². The molecule has 0 aliphatic rings. The van der Waals surface area contributed by atoms with Crippen LogP contribution in [-0.4, -0.2) is 30.3 Å². The van der Waals surface area contributed by atoms with Crippen LogP contribution >= 0.6 is 11.6 Å². The summed E-state index contributed by atoms with van der Waals surface area (Å²) in [7, 11) is 0. The molecule has 2 rings (SSSR count). The van der Waals surface area contributed by atoms with Gasteiger partial charge in [0.1, 0.15) is 0 Å². The minimum absolute atomic E-state index is 0.204. The van der Waals surface area contributed by atoms with Gasteiger partial charge in [0.15, 0.2) is 0 Å². The van der Waals surface area contributed by atoms with Crippen molar-refractivity contribution < 1.29 is 9.53 Å². The Kier molecular flexibility index (Phi) is 12.2. The molecule has 0 heterocycles. The number of nitrogens with two attached hydrogens (primary N) is 2. The smallest absolute Gasteiger partial charge is 0.294 e. The number of amidine groups is 1. The third-order valence-electron chi connectivity index (χ3n) is 4.16. The van der Waals surface area contributed by atoms with Gasteiger partial charge in [0.05, 0.1) is 16.3 Å². The van der Waals surface area contributed by atoms with Crippen LogP contribution in [0.4, 0.5) is 11.4 Å². The molecule has 2 aromatic carbocycles. The van der Waals surface area contributed by atoms with Gasteiger partial charge in [-0.2, -0.15) is 4.99 Å². The molecule has 10 heteroatoms. The highest BCUT2D eigenvalue weighted by molar-refractivity contribution is 6.33. The predicted molar refractivity (Wildman–Crippen MR) is 145 cm³/mol. The Morgan fingerprint density at radius 3 is 2.37 bits per heavy atom. The van der Waals surface area contributed by atoms with Crippen LogP contribution in [0, 0.1) is 16.2 Å². The number of carbonyl (C=O) groups is 1. The zero-order valence-corrected chi connectivity index (χ0v) is 20.6. The van der Waals surface area contributed by atoms with Crippen LogP contribution in [0.1, 0.15) is 38.3 Å². The molecule has 0 saturated carbocycles. The van der Waals surface area contributed by atoms with E-state index in [0.717, 1.165) is 12.4 Å². The van der Waals surface area contributed by atoms with Gasteiger partial charge in [0.2, 0.25) is 5.90 Å². The quantitative estimate of drug-likeness (QED) is 0.175. The second kappa shape index (κ2) is 14.8. The summed E-state index contributed by atoms with van der Waals surface area (Å²) >= 11 is 6.23. The number of carbonyl (C=O) groups excluding carboxylic acids is 1. The Balaban J connectivity index is 0.00000194. The molecule has 1 amide bonds. The molecule has 184 valence electrons. The fourth-order valence-electron chi connectivity index (χ4n) is 2.53. The molecule has 8 N–H and O–H groups in total. The molecule has 0 saturated heterocycles. The second-order valence-corrected chi connectivity index (χ2v) is 7.35. The maximum absolute atomic E-state index is 12.1. The van der Waals surface area contributed by atoms with Gasteiger partial charge in [-0.05, 0) is 42.8 Å². The van der Waals surface area contributed by atoms with Gasteiger partial charge >= 0.3 is 0 Å². The number of hydrogen-bond acceptors (Lipinski definition) is 7. The van der Waals surface area contributed by atoms with Crippen molar-refractivity contribution in [2.24, 2.45) is 16.5 Å². The second-order valence-electron chi connectivity index (χ2n) is 6.94. The maximum atomic E-state index is 12.1. The highest BCUT2D eigenvalue weighted by atomic mass is 35.5. The monoisotopic (exact) mass is 495 g/mol. The number of anilines is 1. The molecular formula is C25H30ClN7O2. The van der Waals surface area contributed by atoms with E-state index in [4.69, 9.17) is 44.0 Å². The standard InChI is InChI=1S/C22H22ClN7O2.C3H8/c1-2-13(10-24)21(31)29-17-5-3-4-15(8-17)20(27)32-22(28)30-19-7-6-14(9-18(19)23)16(11-25)12-26;1-3-2/h2-12,24-25,27H,26H2,1H3,(H2,28,30)(H,29,31);3H2,1-2H3/b13-2+,16-12+,24-10?,25-11?,27-20?;. The fraction of sp³-hybridized carbons (Fsp3) is 0.160. The summed E-state index contributed by atoms with van der Waals surface area (Å²) in [5.74, 6) is -0.729. The predicted octanol–water partition coefficient (Wildman–Crippen LogP) is 5.23. The van der Waals surface area contributed by atoms with Crippen molar-refractivity contribution in [3.05, 3.63) is 76.5 Å². The zero-order chi connectivity index (χ0) is 26.4. The van der Waals surface area contributed by atoms with Crippen molar-refractivity contribution in [1.29, 1.82) is 16.2 Å². The number of nitrogens with zero attached hydrogens (tertiary/aromatic N) is 1. The Labute approximate surface area is 210 Å². The van der Waals surface area contributed by atoms with Crippen LogP contribution in [0.3, 0.4) is 0 Å². The summed E-state index contributed by atoms with van der Waals surface area (Å²) in [5.41, 5.74) is 13.7. The molecule has 0 aliphatic heterocycles. The Bertz CT molecular complexity index is 1170. The van der Waals surface area contributed by atoms with Crippen molar-refractivity contribution in [3.63, 3.8) is 0 Å². The molecule has 0 atom stereocenters. The van der Waals surface area contributed by atoms with E-state index in [1.54, 1.807) is 43.3 Å². The van der Waals surface area contributed by atoms with Crippen molar-refractivity contribution >= 4 is 58.8 Å². The van der Waals surface area contributed by atoms with Gasteiger partial charge in [0, 0.05) is 35.5 Å². The molecule has 2 aromatic rings. The minimum Gasteiger partial charge on any atom is -0.407 e. The van der Waals surface area contributed by atoms with E-state index in [9.17, 15) is 4.79 Å². The lowest BCUT2D eigenvalue weighted by molar-refractivity contribution is -0.112. The number of rotatable bonds is 7. The summed E-state index contributed by atoms with van der Waals surface area (Å²) in [6, 6.07) is 11.0. The molecule has 0 spiro atoms. The third-order valence-corrected chi connectivity index (χ3v) is 4.47. The van der Waals surface area contributed by atoms with Gasteiger partial charge in [-0.15, -0.1) is 0 Å². The van der Waals surface area contributed by atoms with Gasteiger partial charge in [-0.25, -0.2) is 0 Å². The summed E-state index contributed by atoms with van der Waals surface area (Å²) < 4.78 is 5.29. The highest BCUT2D eigenvalue weighted by Crippen LogP contribution is 2.28. The molecule has 0 radical (unpaired) electrons. The van der Waals surface area contributed by atoms with E-state index in [0.29, 0.717) is 28.1 Å². The number of benzene rings is 2. The summed E-state index contributed by atoms with van der Waals surface area (Å²) in [6.07, 6.45) is 6.12. The topological polar surface area (TPSA) is 174 Å².